The van der Waals surface area contributed by atoms with Crippen LogP contribution < -0.4 is 0 Å². The molecular weight excluding hydrogens is 365 g/mol. The molecule has 0 spiro atoms. The van der Waals surface area contributed by atoms with Crippen LogP contribution in [0, 0.1) is 18.7 Å². The lowest BCUT2D eigenvalue weighted by atomic mass is 9.90. The average molecular weight is 387 g/mol. The fraction of sp³-hybridized carbons (Fsp3) is 0.474. The monoisotopic (exact) mass is 387 g/mol. The van der Waals surface area contributed by atoms with Crippen molar-refractivity contribution in [1.82, 2.24) is 24.7 Å². The molecule has 27 heavy (non-hydrogen) atoms. The van der Waals surface area contributed by atoms with E-state index in [4.69, 9.17) is 0 Å². The first-order chi connectivity index (χ1) is 13.1. The molecule has 6 nitrogen and oxygen atoms in total. The minimum atomic E-state index is -0.195. The number of aryl methyl sites for hydroxylation is 2. The smallest absolute Gasteiger partial charge is 0.234 e. The zero-order valence-corrected chi connectivity index (χ0v) is 16.1. The first-order valence-electron chi connectivity index (χ1n) is 9.28. The molecule has 1 fully saturated rings. The summed E-state index contributed by atoms with van der Waals surface area (Å²) in [6, 6.07) is 6.74. The number of aromatic nitrogens is 4. The molecule has 0 radical (unpaired) electrons. The number of hydrogen-bond acceptors (Lipinski definition) is 5. The Labute approximate surface area is 161 Å². The van der Waals surface area contributed by atoms with Gasteiger partial charge in [-0.3, -0.25) is 4.79 Å². The maximum atomic E-state index is 13.0. The third-order valence-corrected chi connectivity index (χ3v) is 6.10. The van der Waals surface area contributed by atoms with Gasteiger partial charge in [0, 0.05) is 25.9 Å². The van der Waals surface area contributed by atoms with Crippen molar-refractivity contribution in [3.63, 3.8) is 0 Å². The van der Waals surface area contributed by atoms with Crippen LogP contribution in [-0.4, -0.2) is 43.7 Å². The second-order valence-corrected chi connectivity index (χ2v) is 8.13. The molecule has 2 aromatic heterocycles. The molecule has 0 bridgehead atoms. The van der Waals surface area contributed by atoms with E-state index in [2.05, 4.69) is 15.3 Å². The van der Waals surface area contributed by atoms with E-state index in [0.29, 0.717) is 18.8 Å². The molecule has 1 saturated heterocycles. The molecule has 0 N–H and O–H groups in total. The van der Waals surface area contributed by atoms with Crippen molar-refractivity contribution in [2.24, 2.45) is 5.92 Å². The summed E-state index contributed by atoms with van der Waals surface area (Å²) in [5, 5.41) is 13.4. The molecule has 0 unspecified atom stereocenters. The summed E-state index contributed by atoms with van der Waals surface area (Å²) in [7, 11) is 0. The maximum Gasteiger partial charge on any atom is 0.234 e. The lowest BCUT2D eigenvalue weighted by Gasteiger charge is -2.32. The molecule has 0 aliphatic carbocycles. The van der Waals surface area contributed by atoms with Gasteiger partial charge in [-0.25, -0.2) is 4.39 Å². The molecule has 1 aliphatic rings. The van der Waals surface area contributed by atoms with Crippen molar-refractivity contribution in [3.8, 4) is 0 Å². The fourth-order valence-electron chi connectivity index (χ4n) is 3.57. The average Bonchev–Trinajstić information content (AvgIpc) is 3.24. The van der Waals surface area contributed by atoms with Gasteiger partial charge in [-0.05, 0) is 49.8 Å². The molecule has 0 saturated carbocycles. The van der Waals surface area contributed by atoms with Gasteiger partial charge in [0.05, 0.1) is 0 Å². The molecule has 3 heterocycles. The van der Waals surface area contributed by atoms with Gasteiger partial charge in [-0.15, -0.1) is 10.2 Å². The zero-order valence-electron chi connectivity index (χ0n) is 15.3. The first kappa shape index (κ1) is 18.0. The molecule has 1 aromatic carbocycles. The van der Waals surface area contributed by atoms with Crippen molar-refractivity contribution >= 4 is 22.2 Å². The molecule has 142 valence electrons. The van der Waals surface area contributed by atoms with Gasteiger partial charge < -0.3 is 4.90 Å². The Hall–Kier alpha value is -2.35. The summed E-state index contributed by atoms with van der Waals surface area (Å²) in [5.74, 6) is 1.32. The summed E-state index contributed by atoms with van der Waals surface area (Å²) in [6.45, 7) is 3.47. The third-order valence-electron chi connectivity index (χ3n) is 5.15. The summed E-state index contributed by atoms with van der Waals surface area (Å²) >= 11 is 1.49. The molecule has 0 atom stereocenters. The fourth-order valence-corrected chi connectivity index (χ4v) is 4.45. The van der Waals surface area contributed by atoms with Crippen LogP contribution >= 0.6 is 11.3 Å². The van der Waals surface area contributed by atoms with E-state index in [-0.39, 0.29) is 11.7 Å². The van der Waals surface area contributed by atoms with Gasteiger partial charge in [-0.1, -0.05) is 23.5 Å². The number of likely N-dealkylation sites (tertiary alicyclic amines) is 1. The van der Waals surface area contributed by atoms with Crippen LogP contribution in [-0.2, 0) is 17.6 Å². The van der Waals surface area contributed by atoms with E-state index in [1.807, 2.05) is 24.0 Å². The number of fused-ring (bicyclic) bond motifs is 1. The van der Waals surface area contributed by atoms with Crippen molar-refractivity contribution in [2.45, 2.75) is 39.0 Å². The van der Waals surface area contributed by atoms with Crippen molar-refractivity contribution in [1.29, 1.82) is 0 Å². The normalized spacial score (nSPS) is 15.6. The van der Waals surface area contributed by atoms with Crippen LogP contribution in [0.5, 0.6) is 0 Å². The van der Waals surface area contributed by atoms with E-state index in [0.717, 1.165) is 48.1 Å². The molecule has 8 heteroatoms. The van der Waals surface area contributed by atoms with Gasteiger partial charge in [0.25, 0.3) is 0 Å². The number of carbonyl (C=O) groups excluding carboxylic acids is 1. The number of hydrogen-bond donors (Lipinski definition) is 0. The van der Waals surface area contributed by atoms with E-state index < -0.39 is 0 Å². The van der Waals surface area contributed by atoms with Gasteiger partial charge in [0.2, 0.25) is 10.9 Å². The number of piperidine rings is 1. The predicted octanol–water partition coefficient (Wildman–Crippen LogP) is 3.05. The van der Waals surface area contributed by atoms with Crippen molar-refractivity contribution < 1.29 is 9.18 Å². The molecular formula is C19H22FN5OS. The molecule has 3 aromatic rings. The van der Waals surface area contributed by atoms with Gasteiger partial charge >= 0.3 is 0 Å². The van der Waals surface area contributed by atoms with E-state index >= 15 is 0 Å². The largest absolute Gasteiger partial charge is 0.343 e. The second-order valence-electron chi connectivity index (χ2n) is 7.09. The number of nitrogens with zero attached hydrogens (tertiary/aromatic N) is 5. The lowest BCUT2D eigenvalue weighted by molar-refractivity contribution is -0.132. The predicted molar refractivity (Wildman–Crippen MR) is 101 cm³/mol. The molecule has 4 rings (SSSR count). The number of amides is 1. The minimum Gasteiger partial charge on any atom is -0.343 e. The minimum absolute atomic E-state index is 0.193. The van der Waals surface area contributed by atoms with Gasteiger partial charge in [-0.2, -0.15) is 9.61 Å². The Balaban J connectivity index is 1.25. The van der Waals surface area contributed by atoms with Crippen LogP contribution in [0.4, 0.5) is 4.39 Å². The van der Waals surface area contributed by atoms with Crippen LogP contribution in [0.2, 0.25) is 0 Å². The number of rotatable bonds is 5. The zero-order chi connectivity index (χ0) is 18.8. The summed E-state index contributed by atoms with van der Waals surface area (Å²) in [6.07, 6.45) is 4.07. The van der Waals surface area contributed by atoms with Crippen molar-refractivity contribution in [3.05, 3.63) is 46.5 Å². The Morgan fingerprint density at radius 1 is 1.22 bits per heavy atom. The first-order valence-corrected chi connectivity index (χ1v) is 10.1. The summed E-state index contributed by atoms with van der Waals surface area (Å²) < 4.78 is 14.7. The highest BCUT2D eigenvalue weighted by Crippen LogP contribution is 2.23. The Kier molecular flexibility index (Phi) is 5.15. The summed E-state index contributed by atoms with van der Waals surface area (Å²) in [5.41, 5.74) is 1.17. The maximum absolute atomic E-state index is 13.0. The highest BCUT2D eigenvalue weighted by Gasteiger charge is 2.23. The van der Waals surface area contributed by atoms with Crippen LogP contribution in [0.25, 0.3) is 4.96 Å². The summed E-state index contributed by atoms with van der Waals surface area (Å²) in [4.78, 5) is 15.3. The highest BCUT2D eigenvalue weighted by atomic mass is 32.1. The van der Waals surface area contributed by atoms with E-state index in [9.17, 15) is 9.18 Å². The Morgan fingerprint density at radius 2 is 1.96 bits per heavy atom. The second kappa shape index (κ2) is 7.72. The van der Waals surface area contributed by atoms with Crippen LogP contribution in [0.15, 0.2) is 24.3 Å². The quantitative estimate of drug-likeness (QED) is 0.675. The van der Waals surface area contributed by atoms with Crippen LogP contribution in [0.3, 0.4) is 0 Å². The Bertz CT molecular complexity index is 927. The van der Waals surface area contributed by atoms with Gasteiger partial charge in [0.1, 0.15) is 10.8 Å². The Morgan fingerprint density at radius 3 is 2.67 bits per heavy atom. The standard InChI is InChI=1S/C19H22FN5OS/c1-13-21-22-19-25(13)23-17(27-19)6-7-18(26)24-10-8-15(9-11-24)12-14-2-4-16(20)5-3-14/h2-5,15H,6-12H2,1H3. The SMILES string of the molecule is Cc1nnc2sc(CCC(=O)N3CCC(Cc4ccc(F)cc4)CC3)nn12. The molecule has 1 amide bonds. The number of benzene rings is 1. The van der Waals surface area contributed by atoms with E-state index in [1.54, 1.807) is 4.52 Å². The van der Waals surface area contributed by atoms with Crippen LogP contribution in [0.1, 0.15) is 35.7 Å². The lowest BCUT2D eigenvalue weighted by Crippen LogP contribution is -2.39. The third kappa shape index (κ3) is 4.16. The van der Waals surface area contributed by atoms with E-state index in [1.165, 1.54) is 29.0 Å². The number of carbonyl (C=O) groups is 1. The van der Waals surface area contributed by atoms with Crippen molar-refractivity contribution in [2.75, 3.05) is 13.1 Å². The molecule has 1 aliphatic heterocycles. The van der Waals surface area contributed by atoms with Gasteiger partial charge in [0.15, 0.2) is 5.82 Å². The highest BCUT2D eigenvalue weighted by molar-refractivity contribution is 7.16. The topological polar surface area (TPSA) is 63.4 Å². The number of halogens is 1.